The van der Waals surface area contributed by atoms with Gasteiger partial charge in [-0.25, -0.2) is 4.79 Å². The molecule has 6 saturated heterocycles. The lowest BCUT2D eigenvalue weighted by Gasteiger charge is -2.71. The summed E-state index contributed by atoms with van der Waals surface area (Å²) in [4.78, 5) is 43.7. The van der Waals surface area contributed by atoms with Gasteiger partial charge in [0.15, 0.2) is 43.7 Å². The maximum atomic E-state index is 16.0. The Balaban J connectivity index is 0.772. The van der Waals surface area contributed by atoms with Gasteiger partial charge in [0.2, 0.25) is 6.29 Å². The van der Waals surface area contributed by atoms with E-state index in [-0.39, 0.29) is 38.7 Å². The molecule has 0 amide bonds. The van der Waals surface area contributed by atoms with E-state index in [4.69, 9.17) is 66.3 Å². The van der Waals surface area contributed by atoms with Gasteiger partial charge in [-0.05, 0) is 143 Å². The number of fused-ring (bicyclic) bond motifs is 7. The van der Waals surface area contributed by atoms with Crippen molar-refractivity contribution in [2.45, 2.75) is 304 Å². The van der Waals surface area contributed by atoms with Gasteiger partial charge in [-0.1, -0.05) is 51.5 Å². The number of allylic oxidation sites excluding steroid dienone is 1. The highest BCUT2D eigenvalue weighted by Crippen LogP contribution is 2.76. The van der Waals surface area contributed by atoms with Crippen molar-refractivity contribution in [2.24, 2.45) is 50.2 Å². The normalized spacial score (nSPS) is 50.2. The zero-order valence-electron chi connectivity index (χ0n) is 62.9. The first-order chi connectivity index (χ1) is 51.8. The van der Waals surface area contributed by atoms with Crippen molar-refractivity contribution in [3.05, 3.63) is 47.6 Å². The van der Waals surface area contributed by atoms with E-state index in [1.165, 1.54) is 40.9 Å². The maximum Gasteiger partial charge on any atom is 0.331 e. The minimum absolute atomic E-state index is 0.00519. The van der Waals surface area contributed by atoms with Crippen LogP contribution in [0.4, 0.5) is 0 Å². The molecule has 35 nitrogen and oxygen atoms in total. The molecule has 0 spiro atoms. The van der Waals surface area contributed by atoms with E-state index in [1.807, 2.05) is 6.92 Å². The van der Waals surface area contributed by atoms with Crippen LogP contribution in [0.25, 0.3) is 6.08 Å². The number of benzene rings is 1. The number of carbonyl (C=O) groups is 3. The first kappa shape index (κ1) is 85.2. The standard InChI is InChI=1S/C75H112O35/c1-30-44(81)48(85)52(89)63(99-30)107-59-47(84)39(27-77)103-66(56(59)93)104-40-28-98-62(51(88)46(40)83)106-57-31(2)100-64(54(91)50(57)87)108-60-55(92)58(105-43(80)17-12-33-10-13-34(97-9)14-11-33)32(3)101-67(60)110-69(96)74-21-20-70(4,5)24-36(74)35-15-16-41-71(6)25-37(79)61(109-65-53(90)49(86)45(82)38(26-76)102-65)73(8,68(94)95)42(71)18-19-72(41,7)75(35,29-78)23-22-74/h10-15,17,30-32,36-42,44-67,76-79,81-93H,16,18-29H2,1-9H3,(H,94,95)/b17-12+/t30?,31?,32?,36-,37-,38+,39?,40?,41+,42?,44?,45+,46?,47?,48?,49-,50?,51?,52?,53+,54?,55?,56?,57?,58?,59?,60?,61-,62?,63?,64?,65-,66?,67?,71+,72+,73-,74-,75-/m0/s1. The maximum absolute atomic E-state index is 16.0. The third-order valence-electron chi connectivity index (χ3n) is 26.9. The molecule has 35 heteroatoms. The number of aliphatic hydroxyl groups excluding tert-OH is 17. The van der Waals surface area contributed by atoms with Crippen LogP contribution in [0.5, 0.6) is 5.75 Å². The number of rotatable bonds is 20. The number of carboxylic acid groups (broad SMARTS) is 1. The Morgan fingerprint density at radius 2 is 1.09 bits per heavy atom. The predicted octanol–water partition coefficient (Wildman–Crippen LogP) is -3.38. The molecule has 12 rings (SSSR count). The minimum atomic E-state index is -2.11. The topological polar surface area (TPSA) is 545 Å². The van der Waals surface area contributed by atoms with Gasteiger partial charge in [0.1, 0.15) is 122 Å². The smallest absolute Gasteiger partial charge is 0.331 e. The largest absolute Gasteiger partial charge is 0.497 e. The molecule has 39 atom stereocenters. The Morgan fingerprint density at radius 1 is 0.527 bits per heavy atom. The summed E-state index contributed by atoms with van der Waals surface area (Å²) in [5, 5.41) is 202. The lowest BCUT2D eigenvalue weighted by atomic mass is 9.33. The van der Waals surface area contributed by atoms with Crippen LogP contribution in [0.2, 0.25) is 0 Å². The van der Waals surface area contributed by atoms with Crippen molar-refractivity contribution in [1.29, 1.82) is 0 Å². The van der Waals surface area contributed by atoms with Crippen molar-refractivity contribution >= 4 is 24.0 Å². The number of aliphatic hydroxyl groups is 17. The van der Waals surface area contributed by atoms with Crippen molar-refractivity contribution in [1.82, 2.24) is 0 Å². The van der Waals surface area contributed by atoms with E-state index < -0.39 is 278 Å². The summed E-state index contributed by atoms with van der Waals surface area (Å²) in [5.41, 5.74) is -5.03. The molecule has 4 saturated carbocycles. The number of hydrogen-bond acceptors (Lipinski definition) is 34. The van der Waals surface area contributed by atoms with Crippen molar-refractivity contribution < 1.29 is 173 Å². The molecular weight excluding hydrogens is 1460 g/mol. The highest BCUT2D eigenvalue weighted by atomic mass is 16.8. The number of esters is 2. The third kappa shape index (κ3) is 15.0. The van der Waals surface area contributed by atoms with Gasteiger partial charge in [0, 0.05) is 11.5 Å². The SMILES string of the molecule is COc1ccc(/C=C/C(=O)OC2C(C)OC(OC(=O)[C@]34CCC(C)(C)C[C@H]3C3=CC[C@@H]5[C@@]6(C)C[C@H](O)[C@H](O[C@@H]7O[C@H](CO)[C@@H](O)[C@H](O)[C@H]7O)[C@@](C)(C(=O)O)C6CC[C@@]5(C)[C@]3(CO)CC4)C(OC3OC(C)C(OC4OCC(OC5OC(CO)C(O)C(OC6OC(C)C(O)C(O)C6O)C5O)C(O)C4O)C(O)C3O)C2O)cc1. The average molecular weight is 1570 g/mol. The number of methoxy groups -OCH3 is 1. The molecule has 6 heterocycles. The molecule has 1 aromatic rings. The molecule has 110 heavy (non-hydrogen) atoms. The Morgan fingerprint density at radius 3 is 1.73 bits per heavy atom. The molecule has 25 unspecified atom stereocenters. The molecule has 0 radical (unpaired) electrons. The molecule has 11 aliphatic rings. The lowest BCUT2D eigenvalue weighted by Crippen LogP contribution is -2.71. The van der Waals surface area contributed by atoms with Crippen LogP contribution in [0.1, 0.15) is 119 Å². The van der Waals surface area contributed by atoms with Crippen molar-refractivity contribution in [3.63, 3.8) is 0 Å². The fourth-order valence-corrected chi connectivity index (χ4v) is 20.4. The highest BCUT2D eigenvalue weighted by Gasteiger charge is 2.74. The fraction of sp³-hybridized carbons (Fsp3) is 0.827. The van der Waals surface area contributed by atoms with E-state index in [2.05, 4.69) is 26.8 Å². The summed E-state index contributed by atoms with van der Waals surface area (Å²) in [6, 6.07) is 6.71. The number of carboxylic acids is 1. The molecule has 5 aliphatic carbocycles. The van der Waals surface area contributed by atoms with Gasteiger partial charge in [-0.15, -0.1) is 0 Å². The van der Waals surface area contributed by atoms with Crippen LogP contribution in [0.3, 0.4) is 0 Å². The number of carbonyl (C=O) groups excluding carboxylic acids is 2. The van der Waals surface area contributed by atoms with E-state index in [1.54, 1.807) is 24.3 Å². The van der Waals surface area contributed by atoms with Crippen LogP contribution in [0.15, 0.2) is 42.0 Å². The first-order valence-electron chi connectivity index (χ1n) is 38.0. The average Bonchev–Trinajstić information content (AvgIpc) is 0.668. The quantitative estimate of drug-likeness (QED) is 0.0262. The molecule has 0 aromatic heterocycles. The van der Waals surface area contributed by atoms with Crippen LogP contribution in [-0.4, -0.2) is 334 Å². The molecular formula is C75H112O35. The minimum Gasteiger partial charge on any atom is -0.497 e. The monoisotopic (exact) mass is 1570 g/mol. The van der Waals surface area contributed by atoms with Gasteiger partial charge in [-0.3, -0.25) is 9.59 Å². The van der Waals surface area contributed by atoms with E-state index in [0.29, 0.717) is 37.0 Å². The van der Waals surface area contributed by atoms with Gasteiger partial charge in [-0.2, -0.15) is 0 Å². The van der Waals surface area contributed by atoms with E-state index in [0.717, 1.165) is 11.6 Å². The Bertz CT molecular complexity index is 3420. The molecule has 10 fully saturated rings. The Hall–Kier alpha value is -4.21. The zero-order chi connectivity index (χ0) is 80.1. The van der Waals surface area contributed by atoms with Gasteiger partial charge in [0.25, 0.3) is 0 Å². The summed E-state index contributed by atoms with van der Waals surface area (Å²) < 4.78 is 83.1. The summed E-state index contributed by atoms with van der Waals surface area (Å²) in [6.45, 7) is 11.2. The van der Waals surface area contributed by atoms with E-state index in [9.17, 15) is 102 Å². The second kappa shape index (κ2) is 32.7. The van der Waals surface area contributed by atoms with Crippen molar-refractivity contribution in [3.8, 4) is 5.75 Å². The number of hydrogen-bond donors (Lipinski definition) is 18. The second-order valence-corrected chi connectivity index (χ2v) is 33.7. The Kier molecular flexibility index (Phi) is 25.3. The summed E-state index contributed by atoms with van der Waals surface area (Å²) in [5.74, 6) is -4.18. The molecule has 18 N–H and O–H groups in total. The number of aliphatic carboxylic acids is 1. The molecule has 1 aromatic carbocycles. The first-order valence-corrected chi connectivity index (χ1v) is 38.0. The Labute approximate surface area is 635 Å². The third-order valence-corrected chi connectivity index (χ3v) is 26.9. The molecule has 6 aliphatic heterocycles. The summed E-state index contributed by atoms with van der Waals surface area (Å²) in [6.07, 6.45) is -46.2. The lowest BCUT2D eigenvalue weighted by molar-refractivity contribution is -0.383. The van der Waals surface area contributed by atoms with Crippen LogP contribution < -0.4 is 4.74 Å². The molecule has 622 valence electrons. The second-order valence-electron chi connectivity index (χ2n) is 33.7. The summed E-state index contributed by atoms with van der Waals surface area (Å²) >= 11 is 0. The van der Waals surface area contributed by atoms with Crippen LogP contribution >= 0.6 is 0 Å². The fourth-order valence-electron chi connectivity index (χ4n) is 20.4. The molecule has 0 bridgehead atoms. The van der Waals surface area contributed by atoms with Crippen LogP contribution in [-0.2, 0) is 76.0 Å². The zero-order valence-corrected chi connectivity index (χ0v) is 62.9. The van der Waals surface area contributed by atoms with E-state index >= 15 is 4.79 Å². The van der Waals surface area contributed by atoms with Gasteiger partial charge >= 0.3 is 17.9 Å². The summed E-state index contributed by atoms with van der Waals surface area (Å²) in [7, 11) is 1.50. The van der Waals surface area contributed by atoms with Gasteiger partial charge in [0.05, 0.1) is 68.8 Å². The number of ether oxygens (including phenoxy) is 14. The van der Waals surface area contributed by atoms with Crippen LogP contribution in [0, 0.1) is 50.2 Å². The highest BCUT2D eigenvalue weighted by molar-refractivity contribution is 5.87. The van der Waals surface area contributed by atoms with Gasteiger partial charge < -0.3 is 158 Å². The van der Waals surface area contributed by atoms with Crippen molar-refractivity contribution in [2.75, 3.05) is 33.5 Å². The predicted molar refractivity (Wildman–Crippen MR) is 368 cm³/mol.